The first kappa shape index (κ1) is 11.1. The van der Waals surface area contributed by atoms with Crippen LogP contribution in [-0.2, 0) is 0 Å². The molecule has 0 aliphatic heterocycles. The van der Waals surface area contributed by atoms with Crippen molar-refractivity contribution >= 4 is 5.91 Å². The molecule has 0 spiro atoms. The first-order valence-electron chi connectivity index (χ1n) is 5.74. The lowest BCUT2D eigenvalue weighted by Crippen LogP contribution is -2.46. The van der Waals surface area contributed by atoms with Crippen LogP contribution in [0.25, 0.3) is 0 Å². The molecule has 1 amide bonds. The van der Waals surface area contributed by atoms with Crippen LogP contribution < -0.4 is 5.73 Å². The minimum absolute atomic E-state index is 0.0811. The van der Waals surface area contributed by atoms with Crippen LogP contribution in [0.1, 0.15) is 29.6 Å². The molecule has 0 unspecified atom stereocenters. The molecule has 16 heavy (non-hydrogen) atoms. The van der Waals surface area contributed by atoms with Crippen molar-refractivity contribution in [2.75, 3.05) is 13.1 Å². The molecule has 0 atom stereocenters. The maximum Gasteiger partial charge on any atom is 0.254 e. The number of carbonyl (C=O) groups is 1. The van der Waals surface area contributed by atoms with Crippen molar-refractivity contribution in [1.82, 2.24) is 9.88 Å². The second-order valence-electron chi connectivity index (χ2n) is 4.11. The Bertz CT molecular complexity index is 349. The lowest BCUT2D eigenvalue weighted by molar-refractivity contribution is 0.0588. The predicted molar refractivity (Wildman–Crippen MR) is 62.0 cm³/mol. The summed E-state index contributed by atoms with van der Waals surface area (Å²) in [5.74, 6) is 0.0811. The van der Waals surface area contributed by atoms with E-state index in [1.165, 1.54) is 6.42 Å². The number of carbonyl (C=O) groups excluding carboxylic acids is 1. The summed E-state index contributed by atoms with van der Waals surface area (Å²) in [5, 5.41) is 0. The van der Waals surface area contributed by atoms with Crippen molar-refractivity contribution in [3.8, 4) is 0 Å². The lowest BCUT2D eigenvalue weighted by Gasteiger charge is -2.37. The summed E-state index contributed by atoms with van der Waals surface area (Å²) < 4.78 is 0. The van der Waals surface area contributed by atoms with Gasteiger partial charge in [-0.15, -0.1) is 0 Å². The minimum atomic E-state index is 0.0811. The van der Waals surface area contributed by atoms with Gasteiger partial charge >= 0.3 is 0 Å². The molecule has 1 saturated carbocycles. The number of amides is 1. The van der Waals surface area contributed by atoms with Gasteiger partial charge in [-0.2, -0.15) is 0 Å². The van der Waals surface area contributed by atoms with Crippen molar-refractivity contribution in [1.29, 1.82) is 0 Å². The SMILES string of the molecule is NCCN(C(=O)c1ccncc1)C1CCC1. The predicted octanol–water partition coefficient (Wildman–Crippen LogP) is 1.03. The zero-order chi connectivity index (χ0) is 11.4. The van der Waals surface area contributed by atoms with Gasteiger partial charge in [-0.1, -0.05) is 0 Å². The highest BCUT2D eigenvalue weighted by molar-refractivity contribution is 5.94. The first-order chi connectivity index (χ1) is 7.83. The molecule has 4 nitrogen and oxygen atoms in total. The number of hydrogen-bond acceptors (Lipinski definition) is 3. The maximum atomic E-state index is 12.2. The summed E-state index contributed by atoms with van der Waals surface area (Å²) >= 11 is 0. The highest BCUT2D eigenvalue weighted by Gasteiger charge is 2.28. The maximum absolute atomic E-state index is 12.2. The van der Waals surface area contributed by atoms with Crippen molar-refractivity contribution in [3.63, 3.8) is 0 Å². The smallest absolute Gasteiger partial charge is 0.254 e. The molecule has 2 rings (SSSR count). The average Bonchev–Trinajstić information content (AvgIpc) is 2.26. The summed E-state index contributed by atoms with van der Waals surface area (Å²) in [4.78, 5) is 18.0. The van der Waals surface area contributed by atoms with E-state index < -0.39 is 0 Å². The van der Waals surface area contributed by atoms with Crippen molar-refractivity contribution in [3.05, 3.63) is 30.1 Å². The number of aromatic nitrogens is 1. The normalized spacial score (nSPS) is 15.6. The topological polar surface area (TPSA) is 59.2 Å². The second-order valence-corrected chi connectivity index (χ2v) is 4.11. The fourth-order valence-corrected chi connectivity index (χ4v) is 1.95. The number of rotatable bonds is 4. The van der Waals surface area contributed by atoms with E-state index >= 15 is 0 Å². The van der Waals surface area contributed by atoms with Gasteiger partial charge in [0.25, 0.3) is 5.91 Å². The first-order valence-corrected chi connectivity index (χ1v) is 5.74. The van der Waals surface area contributed by atoms with Gasteiger partial charge in [0, 0.05) is 37.1 Å². The van der Waals surface area contributed by atoms with Crippen LogP contribution in [0.3, 0.4) is 0 Å². The van der Waals surface area contributed by atoms with Crippen LogP contribution in [0.5, 0.6) is 0 Å². The van der Waals surface area contributed by atoms with Crippen LogP contribution in [-0.4, -0.2) is 34.9 Å². The van der Waals surface area contributed by atoms with Crippen LogP contribution in [0.4, 0.5) is 0 Å². The second kappa shape index (κ2) is 5.07. The molecular formula is C12H17N3O. The number of nitrogens with two attached hydrogens (primary N) is 1. The molecule has 4 heteroatoms. The largest absolute Gasteiger partial charge is 0.334 e. The molecule has 0 aromatic carbocycles. The molecule has 0 saturated heterocycles. The van der Waals surface area contributed by atoms with E-state index in [2.05, 4.69) is 4.98 Å². The van der Waals surface area contributed by atoms with Gasteiger partial charge in [0.05, 0.1) is 0 Å². The third-order valence-corrected chi connectivity index (χ3v) is 3.07. The van der Waals surface area contributed by atoms with Crippen LogP contribution in [0.2, 0.25) is 0 Å². The van der Waals surface area contributed by atoms with E-state index in [0.29, 0.717) is 24.7 Å². The Labute approximate surface area is 95.5 Å². The number of nitrogens with zero attached hydrogens (tertiary/aromatic N) is 2. The molecule has 1 heterocycles. The fraction of sp³-hybridized carbons (Fsp3) is 0.500. The molecule has 86 valence electrons. The van der Waals surface area contributed by atoms with E-state index in [9.17, 15) is 4.79 Å². The van der Waals surface area contributed by atoms with Gasteiger partial charge in [0.2, 0.25) is 0 Å². The van der Waals surface area contributed by atoms with E-state index in [4.69, 9.17) is 5.73 Å². The molecule has 1 fully saturated rings. The minimum Gasteiger partial charge on any atom is -0.334 e. The van der Waals surface area contributed by atoms with Gasteiger partial charge in [0.15, 0.2) is 0 Å². The fourth-order valence-electron chi connectivity index (χ4n) is 1.95. The van der Waals surface area contributed by atoms with Gasteiger partial charge < -0.3 is 10.6 Å². The molecule has 0 bridgehead atoms. The Balaban J connectivity index is 2.10. The van der Waals surface area contributed by atoms with Gasteiger partial charge in [-0.3, -0.25) is 9.78 Å². The standard InChI is InChI=1S/C12H17N3O/c13-6-9-15(11-2-1-3-11)12(16)10-4-7-14-8-5-10/h4-5,7-8,11H,1-3,6,9,13H2. The Morgan fingerprint density at radius 2 is 2.12 bits per heavy atom. The third-order valence-electron chi connectivity index (χ3n) is 3.07. The van der Waals surface area contributed by atoms with Crippen molar-refractivity contribution in [2.45, 2.75) is 25.3 Å². The highest BCUT2D eigenvalue weighted by atomic mass is 16.2. The average molecular weight is 219 g/mol. The van der Waals surface area contributed by atoms with Crippen molar-refractivity contribution < 1.29 is 4.79 Å². The molecule has 2 N–H and O–H groups in total. The summed E-state index contributed by atoms with van der Waals surface area (Å²) in [6.45, 7) is 1.17. The number of hydrogen-bond donors (Lipinski definition) is 1. The van der Waals surface area contributed by atoms with E-state index in [1.807, 2.05) is 4.90 Å². The van der Waals surface area contributed by atoms with E-state index in [1.54, 1.807) is 24.5 Å². The molecule has 1 aliphatic carbocycles. The van der Waals surface area contributed by atoms with Gasteiger partial charge in [-0.05, 0) is 31.4 Å². The highest BCUT2D eigenvalue weighted by Crippen LogP contribution is 2.25. The summed E-state index contributed by atoms with van der Waals surface area (Å²) in [6, 6.07) is 3.90. The zero-order valence-electron chi connectivity index (χ0n) is 9.30. The molecule has 0 radical (unpaired) electrons. The van der Waals surface area contributed by atoms with Gasteiger partial charge in [0.1, 0.15) is 0 Å². The van der Waals surface area contributed by atoms with Crippen LogP contribution >= 0.6 is 0 Å². The van der Waals surface area contributed by atoms with Crippen LogP contribution in [0, 0.1) is 0 Å². The summed E-state index contributed by atoms with van der Waals surface area (Å²) in [7, 11) is 0. The Morgan fingerprint density at radius 1 is 1.44 bits per heavy atom. The number of pyridine rings is 1. The summed E-state index contributed by atoms with van der Waals surface area (Å²) in [6.07, 6.45) is 6.73. The van der Waals surface area contributed by atoms with E-state index in [-0.39, 0.29) is 5.91 Å². The van der Waals surface area contributed by atoms with Gasteiger partial charge in [-0.25, -0.2) is 0 Å². The Morgan fingerprint density at radius 3 is 2.62 bits per heavy atom. The Hall–Kier alpha value is -1.42. The van der Waals surface area contributed by atoms with Crippen LogP contribution in [0.15, 0.2) is 24.5 Å². The molecular weight excluding hydrogens is 202 g/mol. The lowest BCUT2D eigenvalue weighted by atomic mass is 9.91. The van der Waals surface area contributed by atoms with Crippen molar-refractivity contribution in [2.24, 2.45) is 5.73 Å². The zero-order valence-corrected chi connectivity index (χ0v) is 9.30. The molecule has 1 aromatic heterocycles. The quantitative estimate of drug-likeness (QED) is 0.823. The monoisotopic (exact) mass is 219 g/mol. The summed E-state index contributed by atoms with van der Waals surface area (Å²) in [5.41, 5.74) is 6.26. The Kier molecular flexibility index (Phi) is 3.51. The van der Waals surface area contributed by atoms with E-state index in [0.717, 1.165) is 12.8 Å². The third kappa shape index (κ3) is 2.22. The molecule has 1 aromatic rings. The molecule has 1 aliphatic rings.